The first-order valence-corrected chi connectivity index (χ1v) is 8.68. The molecular formula is C19H15ClN2O3S. The minimum absolute atomic E-state index is 0.00283. The molecule has 2 aromatic rings. The van der Waals surface area contributed by atoms with E-state index in [1.54, 1.807) is 48.5 Å². The van der Waals surface area contributed by atoms with E-state index in [2.05, 4.69) is 5.32 Å². The fraction of sp³-hybridized carbons (Fsp3) is 0.105. The van der Waals surface area contributed by atoms with Gasteiger partial charge in [-0.3, -0.25) is 19.8 Å². The highest BCUT2D eigenvalue weighted by molar-refractivity contribution is 7.80. The number of nitrogens with one attached hydrogen (secondary N) is 1. The minimum Gasteiger partial charge on any atom is -0.494 e. The van der Waals surface area contributed by atoms with Crippen LogP contribution in [0, 0.1) is 0 Å². The van der Waals surface area contributed by atoms with Crippen molar-refractivity contribution in [3.63, 3.8) is 0 Å². The zero-order chi connectivity index (χ0) is 18.7. The van der Waals surface area contributed by atoms with E-state index in [-0.39, 0.29) is 10.7 Å². The molecule has 0 saturated carbocycles. The third kappa shape index (κ3) is 3.61. The highest BCUT2D eigenvalue weighted by atomic mass is 35.5. The number of para-hydroxylation sites is 1. The van der Waals surface area contributed by atoms with Crippen molar-refractivity contribution in [1.82, 2.24) is 5.32 Å². The van der Waals surface area contributed by atoms with Crippen LogP contribution in [0.5, 0.6) is 5.75 Å². The molecule has 132 valence electrons. The van der Waals surface area contributed by atoms with Gasteiger partial charge in [0.2, 0.25) is 0 Å². The molecule has 3 rings (SSSR count). The summed E-state index contributed by atoms with van der Waals surface area (Å²) in [5.41, 5.74) is 1.09. The van der Waals surface area contributed by atoms with Gasteiger partial charge in [0.1, 0.15) is 11.3 Å². The normalized spacial score (nSPS) is 16.0. The topological polar surface area (TPSA) is 58.6 Å². The Hall–Kier alpha value is -2.70. The molecule has 1 N–H and O–H groups in total. The summed E-state index contributed by atoms with van der Waals surface area (Å²) in [5.74, 6) is -0.356. The first kappa shape index (κ1) is 18.1. The number of hydrogen-bond acceptors (Lipinski definition) is 4. The van der Waals surface area contributed by atoms with Crippen molar-refractivity contribution >= 4 is 52.5 Å². The van der Waals surface area contributed by atoms with Crippen LogP contribution < -0.4 is 15.0 Å². The van der Waals surface area contributed by atoms with Crippen molar-refractivity contribution < 1.29 is 14.3 Å². The molecule has 2 amide bonds. The van der Waals surface area contributed by atoms with Gasteiger partial charge in [0, 0.05) is 0 Å². The SMILES string of the molecule is CCOc1ccc(/C=C2\C(=O)NC(=S)N(c3ccccc3Cl)C2=O)cc1. The number of carbonyl (C=O) groups excluding carboxylic acids is 2. The molecule has 0 aliphatic carbocycles. The molecule has 1 saturated heterocycles. The Morgan fingerprint density at radius 1 is 1.15 bits per heavy atom. The Morgan fingerprint density at radius 2 is 1.85 bits per heavy atom. The molecule has 0 radical (unpaired) electrons. The third-order valence-corrected chi connectivity index (χ3v) is 4.30. The molecule has 1 aliphatic rings. The third-order valence-electron chi connectivity index (χ3n) is 3.70. The largest absolute Gasteiger partial charge is 0.494 e. The lowest BCUT2D eigenvalue weighted by molar-refractivity contribution is -0.122. The van der Waals surface area contributed by atoms with Crippen LogP contribution in [0.1, 0.15) is 12.5 Å². The highest BCUT2D eigenvalue weighted by Gasteiger charge is 2.35. The Labute approximate surface area is 161 Å². The predicted molar refractivity (Wildman–Crippen MR) is 105 cm³/mol. The zero-order valence-corrected chi connectivity index (χ0v) is 15.4. The lowest BCUT2D eigenvalue weighted by Gasteiger charge is -2.29. The maximum atomic E-state index is 12.9. The van der Waals surface area contributed by atoms with Crippen LogP contribution in [0.3, 0.4) is 0 Å². The molecule has 1 fully saturated rings. The molecule has 5 nitrogen and oxygen atoms in total. The van der Waals surface area contributed by atoms with Gasteiger partial charge in [0.05, 0.1) is 17.3 Å². The number of amides is 2. The van der Waals surface area contributed by atoms with Crippen LogP contribution in [-0.2, 0) is 9.59 Å². The van der Waals surface area contributed by atoms with E-state index in [1.807, 2.05) is 6.92 Å². The Morgan fingerprint density at radius 3 is 2.50 bits per heavy atom. The van der Waals surface area contributed by atoms with Gasteiger partial charge in [0.25, 0.3) is 11.8 Å². The summed E-state index contributed by atoms with van der Waals surface area (Å²) in [7, 11) is 0. The van der Waals surface area contributed by atoms with Crippen molar-refractivity contribution in [3.8, 4) is 5.75 Å². The van der Waals surface area contributed by atoms with E-state index in [0.29, 0.717) is 28.6 Å². The van der Waals surface area contributed by atoms with Crippen molar-refractivity contribution in [3.05, 3.63) is 64.7 Å². The van der Waals surface area contributed by atoms with Gasteiger partial charge < -0.3 is 4.74 Å². The van der Waals surface area contributed by atoms with E-state index in [4.69, 9.17) is 28.6 Å². The summed E-state index contributed by atoms with van der Waals surface area (Å²) < 4.78 is 5.39. The lowest BCUT2D eigenvalue weighted by atomic mass is 10.1. The first-order valence-electron chi connectivity index (χ1n) is 7.90. The summed E-state index contributed by atoms with van der Waals surface area (Å²) in [4.78, 5) is 26.4. The second kappa shape index (κ2) is 7.68. The van der Waals surface area contributed by atoms with Crippen molar-refractivity contribution in [2.24, 2.45) is 0 Å². The van der Waals surface area contributed by atoms with E-state index >= 15 is 0 Å². The number of benzene rings is 2. The van der Waals surface area contributed by atoms with Crippen LogP contribution in [0.4, 0.5) is 5.69 Å². The molecule has 0 unspecified atom stereocenters. The van der Waals surface area contributed by atoms with E-state index in [9.17, 15) is 9.59 Å². The Bertz CT molecular complexity index is 909. The number of carbonyl (C=O) groups is 2. The number of ether oxygens (including phenoxy) is 1. The molecule has 0 bridgehead atoms. The number of halogens is 1. The minimum atomic E-state index is -0.544. The Kier molecular flexibility index (Phi) is 5.35. The van der Waals surface area contributed by atoms with Gasteiger partial charge in [0.15, 0.2) is 5.11 Å². The van der Waals surface area contributed by atoms with Crippen LogP contribution in [0.2, 0.25) is 5.02 Å². The lowest BCUT2D eigenvalue weighted by Crippen LogP contribution is -2.54. The number of thiocarbonyl (C=S) groups is 1. The summed E-state index contributed by atoms with van der Waals surface area (Å²) in [6, 6.07) is 13.9. The van der Waals surface area contributed by atoms with Gasteiger partial charge in [-0.15, -0.1) is 0 Å². The highest BCUT2D eigenvalue weighted by Crippen LogP contribution is 2.29. The molecule has 1 aliphatic heterocycles. The van der Waals surface area contributed by atoms with Crippen LogP contribution in [0.15, 0.2) is 54.1 Å². The van der Waals surface area contributed by atoms with Gasteiger partial charge in [-0.25, -0.2) is 0 Å². The van der Waals surface area contributed by atoms with Crippen molar-refractivity contribution in [2.45, 2.75) is 6.92 Å². The number of anilines is 1. The fourth-order valence-electron chi connectivity index (χ4n) is 2.50. The molecule has 1 heterocycles. The summed E-state index contributed by atoms with van der Waals surface area (Å²) >= 11 is 11.3. The molecule has 26 heavy (non-hydrogen) atoms. The summed E-state index contributed by atoms with van der Waals surface area (Å²) in [5, 5.41) is 2.89. The zero-order valence-electron chi connectivity index (χ0n) is 13.9. The van der Waals surface area contributed by atoms with Gasteiger partial charge in [-0.05, 0) is 55.0 Å². The average molecular weight is 387 g/mol. The van der Waals surface area contributed by atoms with Gasteiger partial charge in [-0.1, -0.05) is 35.9 Å². The smallest absolute Gasteiger partial charge is 0.270 e. The molecule has 7 heteroatoms. The fourth-order valence-corrected chi connectivity index (χ4v) is 3.00. The molecular weight excluding hydrogens is 372 g/mol. The molecule has 0 aromatic heterocycles. The molecule has 2 aromatic carbocycles. The quantitative estimate of drug-likeness (QED) is 0.496. The number of hydrogen-bond donors (Lipinski definition) is 1. The summed E-state index contributed by atoms with van der Waals surface area (Å²) in [6.07, 6.45) is 1.51. The number of nitrogens with zero attached hydrogens (tertiary/aromatic N) is 1. The summed E-state index contributed by atoms with van der Waals surface area (Å²) in [6.45, 7) is 2.46. The Balaban J connectivity index is 1.96. The van der Waals surface area contributed by atoms with Crippen LogP contribution >= 0.6 is 23.8 Å². The van der Waals surface area contributed by atoms with E-state index in [0.717, 1.165) is 0 Å². The van der Waals surface area contributed by atoms with Crippen LogP contribution in [-0.4, -0.2) is 23.5 Å². The maximum Gasteiger partial charge on any atom is 0.270 e. The maximum absolute atomic E-state index is 12.9. The molecule has 0 spiro atoms. The van der Waals surface area contributed by atoms with Crippen LogP contribution in [0.25, 0.3) is 6.08 Å². The monoisotopic (exact) mass is 386 g/mol. The van der Waals surface area contributed by atoms with Gasteiger partial charge in [-0.2, -0.15) is 0 Å². The van der Waals surface area contributed by atoms with E-state index in [1.165, 1.54) is 11.0 Å². The van der Waals surface area contributed by atoms with Crippen molar-refractivity contribution in [2.75, 3.05) is 11.5 Å². The van der Waals surface area contributed by atoms with E-state index < -0.39 is 11.8 Å². The second-order valence-electron chi connectivity index (χ2n) is 5.41. The van der Waals surface area contributed by atoms with Gasteiger partial charge >= 0.3 is 0 Å². The number of rotatable bonds is 4. The van der Waals surface area contributed by atoms with Crippen molar-refractivity contribution in [1.29, 1.82) is 0 Å². The first-order chi connectivity index (χ1) is 12.5. The second-order valence-corrected chi connectivity index (χ2v) is 6.21. The molecule has 0 atom stereocenters. The average Bonchev–Trinajstić information content (AvgIpc) is 2.62. The predicted octanol–water partition coefficient (Wildman–Crippen LogP) is 3.57. The standard InChI is InChI=1S/C19H15ClN2O3S/c1-2-25-13-9-7-12(8-10-13)11-14-17(23)21-19(26)22(18(14)24)16-6-4-3-5-15(16)20/h3-11H,2H2,1H3,(H,21,23,26)/b14-11+.